The number of hydrogen-bond acceptors (Lipinski definition) is 5. The molecule has 4 aromatic rings. The molecule has 0 aliphatic rings. The fourth-order valence-electron chi connectivity index (χ4n) is 3.78. The number of fused-ring (bicyclic) bond motifs is 1. The first-order valence-corrected chi connectivity index (χ1v) is 12.8. The Morgan fingerprint density at radius 2 is 1.92 bits per heavy atom. The van der Waals surface area contributed by atoms with E-state index in [1.54, 1.807) is 43.5 Å². The van der Waals surface area contributed by atoms with Gasteiger partial charge < -0.3 is 10.3 Å². The Bertz CT molecular complexity index is 1650. The second kappa shape index (κ2) is 10.3. The maximum Gasteiger partial charge on any atom is 0.247 e. The molecule has 3 N–H and O–H groups in total. The van der Waals surface area contributed by atoms with Gasteiger partial charge in [-0.1, -0.05) is 25.6 Å². The smallest absolute Gasteiger partial charge is 0.247 e. The minimum atomic E-state index is -3.87. The second-order valence-electron chi connectivity index (χ2n) is 8.13. The molecule has 0 saturated carbocycles. The molecule has 11 heteroatoms. The summed E-state index contributed by atoms with van der Waals surface area (Å²) in [5.41, 5.74) is 0.612. The molecule has 0 aliphatic heterocycles. The van der Waals surface area contributed by atoms with Gasteiger partial charge in [-0.15, -0.1) is 0 Å². The number of H-pyrrole nitrogens is 1. The topological polar surface area (TPSA) is 121 Å². The molecule has 2 aromatic carbocycles. The van der Waals surface area contributed by atoms with E-state index in [9.17, 15) is 22.4 Å². The van der Waals surface area contributed by atoms with Crippen LogP contribution in [0.25, 0.3) is 22.2 Å². The molecular formula is C26H22F2N4O4S. The number of amides is 1. The molecule has 0 saturated heterocycles. The molecule has 37 heavy (non-hydrogen) atoms. The number of carbonyl (C=O) groups is 2. The number of halogens is 2. The zero-order chi connectivity index (χ0) is 26.7. The first kappa shape index (κ1) is 25.7. The van der Waals surface area contributed by atoms with Crippen LogP contribution in [0.2, 0.25) is 0 Å². The van der Waals surface area contributed by atoms with Crippen LogP contribution in [0.1, 0.15) is 29.3 Å². The molecule has 0 bridgehead atoms. The highest BCUT2D eigenvalue weighted by Crippen LogP contribution is 2.30. The fraction of sp³-hybridized carbons (Fsp3) is 0.115. The van der Waals surface area contributed by atoms with Crippen LogP contribution in [-0.4, -0.2) is 35.8 Å². The molecule has 0 aliphatic carbocycles. The number of rotatable bonds is 9. The van der Waals surface area contributed by atoms with Gasteiger partial charge in [-0.05, 0) is 48.4 Å². The molecule has 1 amide bonds. The number of sulfonamides is 1. The number of benzene rings is 2. The highest BCUT2D eigenvalue weighted by atomic mass is 32.2. The Morgan fingerprint density at radius 3 is 2.65 bits per heavy atom. The van der Waals surface area contributed by atoms with E-state index in [-0.39, 0.29) is 23.6 Å². The standard InChI is InChI=1S/C26H22F2N4O4S/c1-3-10-37(35,36)32-21-9-8-20(27)23(24(21)28)25(34)19-14-30-26-18(19)12-16(13-29-26)15-6-5-7-17(11-15)31-22(33)4-2/h4-9,11-14,32H,2-3,10H2,1H3,(H,29,30)(H,31,33). The van der Waals surface area contributed by atoms with Gasteiger partial charge in [0, 0.05) is 34.6 Å². The number of aromatic amines is 1. The minimum Gasteiger partial charge on any atom is -0.345 e. The van der Waals surface area contributed by atoms with E-state index in [0.29, 0.717) is 27.8 Å². The molecule has 0 unspecified atom stereocenters. The van der Waals surface area contributed by atoms with E-state index in [2.05, 4.69) is 26.6 Å². The van der Waals surface area contributed by atoms with Crippen molar-refractivity contribution in [2.45, 2.75) is 13.3 Å². The zero-order valence-electron chi connectivity index (χ0n) is 19.6. The Kier molecular flexibility index (Phi) is 7.16. The van der Waals surface area contributed by atoms with Crippen LogP contribution in [0, 0.1) is 11.6 Å². The highest BCUT2D eigenvalue weighted by Gasteiger charge is 2.26. The van der Waals surface area contributed by atoms with Gasteiger partial charge >= 0.3 is 0 Å². The van der Waals surface area contributed by atoms with E-state index in [4.69, 9.17) is 0 Å². The number of pyridine rings is 1. The molecule has 2 heterocycles. The van der Waals surface area contributed by atoms with Crippen molar-refractivity contribution in [3.05, 3.63) is 90.3 Å². The summed E-state index contributed by atoms with van der Waals surface area (Å²) in [5.74, 6) is -4.07. The van der Waals surface area contributed by atoms with Crippen LogP contribution >= 0.6 is 0 Å². The molecular weight excluding hydrogens is 502 g/mol. The Morgan fingerprint density at radius 1 is 1.14 bits per heavy atom. The van der Waals surface area contributed by atoms with E-state index in [0.717, 1.165) is 18.2 Å². The van der Waals surface area contributed by atoms with Crippen molar-refractivity contribution in [3.8, 4) is 11.1 Å². The van der Waals surface area contributed by atoms with Gasteiger partial charge in [-0.2, -0.15) is 0 Å². The van der Waals surface area contributed by atoms with Crippen LogP contribution in [-0.2, 0) is 14.8 Å². The van der Waals surface area contributed by atoms with Gasteiger partial charge in [-0.25, -0.2) is 22.2 Å². The molecule has 8 nitrogen and oxygen atoms in total. The van der Waals surface area contributed by atoms with Crippen molar-refractivity contribution in [2.24, 2.45) is 0 Å². The fourth-order valence-corrected chi connectivity index (χ4v) is 4.91. The third-order valence-corrected chi connectivity index (χ3v) is 6.96. The lowest BCUT2D eigenvalue weighted by Gasteiger charge is -2.11. The SMILES string of the molecule is C=CC(=O)Nc1cccc(-c2cnc3[nH]cc(C(=O)c4c(F)ccc(NS(=O)(=O)CCC)c4F)c3c2)c1. The lowest BCUT2D eigenvalue weighted by molar-refractivity contribution is -0.111. The van der Waals surface area contributed by atoms with Crippen LogP contribution in [0.15, 0.2) is 67.5 Å². The average Bonchev–Trinajstić information content (AvgIpc) is 3.29. The number of nitrogens with one attached hydrogen (secondary N) is 3. The number of carbonyl (C=O) groups excluding carboxylic acids is 2. The largest absolute Gasteiger partial charge is 0.345 e. The molecule has 190 valence electrons. The van der Waals surface area contributed by atoms with Crippen LogP contribution < -0.4 is 10.0 Å². The van der Waals surface area contributed by atoms with Crippen LogP contribution in [0.5, 0.6) is 0 Å². The summed E-state index contributed by atoms with van der Waals surface area (Å²) in [5, 5.41) is 2.96. The summed E-state index contributed by atoms with van der Waals surface area (Å²) in [4.78, 5) is 32.0. The summed E-state index contributed by atoms with van der Waals surface area (Å²) in [7, 11) is -3.87. The van der Waals surface area contributed by atoms with E-state index >= 15 is 4.39 Å². The van der Waals surface area contributed by atoms with Crippen molar-refractivity contribution in [1.82, 2.24) is 9.97 Å². The first-order chi connectivity index (χ1) is 17.6. The third kappa shape index (κ3) is 5.41. The third-order valence-electron chi connectivity index (χ3n) is 5.48. The zero-order valence-corrected chi connectivity index (χ0v) is 20.5. The van der Waals surface area contributed by atoms with Gasteiger partial charge in [0.25, 0.3) is 0 Å². The van der Waals surface area contributed by atoms with E-state index < -0.39 is 38.7 Å². The maximum absolute atomic E-state index is 15.2. The lowest BCUT2D eigenvalue weighted by atomic mass is 9.99. The number of ketones is 1. The van der Waals surface area contributed by atoms with Crippen LogP contribution in [0.3, 0.4) is 0 Å². The number of nitrogens with zero attached hydrogens (tertiary/aromatic N) is 1. The van der Waals surface area contributed by atoms with Gasteiger partial charge in [0.1, 0.15) is 11.5 Å². The van der Waals surface area contributed by atoms with Gasteiger partial charge in [0.15, 0.2) is 5.82 Å². The number of hydrogen-bond donors (Lipinski definition) is 3. The maximum atomic E-state index is 15.2. The van der Waals surface area contributed by atoms with Gasteiger partial charge in [-0.3, -0.25) is 14.3 Å². The van der Waals surface area contributed by atoms with Crippen LogP contribution in [0.4, 0.5) is 20.2 Å². The summed E-state index contributed by atoms with van der Waals surface area (Å²) in [6.07, 6.45) is 4.27. The number of aromatic nitrogens is 2. The first-order valence-electron chi connectivity index (χ1n) is 11.2. The highest BCUT2D eigenvalue weighted by molar-refractivity contribution is 7.92. The Balaban J connectivity index is 1.75. The summed E-state index contributed by atoms with van der Waals surface area (Å²) in [6.45, 7) is 5.06. The summed E-state index contributed by atoms with van der Waals surface area (Å²) < 4.78 is 56.1. The molecule has 0 atom stereocenters. The number of anilines is 2. The normalized spacial score (nSPS) is 11.3. The van der Waals surface area contributed by atoms with Crippen molar-refractivity contribution < 1.29 is 26.8 Å². The molecule has 4 rings (SSSR count). The average molecular weight is 525 g/mol. The quantitative estimate of drug-likeness (QED) is 0.210. The summed E-state index contributed by atoms with van der Waals surface area (Å²) in [6, 6.07) is 10.3. The predicted octanol–water partition coefficient (Wildman–Crippen LogP) is 5.02. The second-order valence-corrected chi connectivity index (χ2v) is 9.97. The molecule has 0 radical (unpaired) electrons. The van der Waals surface area contributed by atoms with E-state index in [1.807, 2.05) is 0 Å². The Labute approximate surface area is 211 Å². The molecule has 2 aromatic heterocycles. The molecule has 0 fully saturated rings. The van der Waals surface area contributed by atoms with Crippen molar-refractivity contribution in [2.75, 3.05) is 15.8 Å². The summed E-state index contributed by atoms with van der Waals surface area (Å²) >= 11 is 0. The van der Waals surface area contributed by atoms with Gasteiger partial charge in [0.05, 0.1) is 17.0 Å². The predicted molar refractivity (Wildman–Crippen MR) is 138 cm³/mol. The van der Waals surface area contributed by atoms with Crippen molar-refractivity contribution in [1.29, 1.82) is 0 Å². The molecule has 0 spiro atoms. The van der Waals surface area contributed by atoms with Gasteiger partial charge in [0.2, 0.25) is 21.7 Å². The lowest BCUT2D eigenvalue weighted by Crippen LogP contribution is -2.18. The Hall–Kier alpha value is -4.38. The van der Waals surface area contributed by atoms with Crippen molar-refractivity contribution >= 4 is 44.1 Å². The van der Waals surface area contributed by atoms with Crippen molar-refractivity contribution in [3.63, 3.8) is 0 Å². The minimum absolute atomic E-state index is 0.0492. The van der Waals surface area contributed by atoms with E-state index in [1.165, 1.54) is 6.20 Å². The monoisotopic (exact) mass is 524 g/mol.